The molecule has 2 heteroatoms. The normalized spacial score (nSPS) is 10.3. The van der Waals surface area contributed by atoms with Crippen molar-refractivity contribution in [2.45, 2.75) is 13.5 Å². The van der Waals surface area contributed by atoms with Gasteiger partial charge in [0.25, 0.3) is 0 Å². The van der Waals surface area contributed by atoms with Crippen LogP contribution >= 0.6 is 0 Å². The fourth-order valence-electron chi connectivity index (χ4n) is 1.81. The Labute approximate surface area is 109 Å². The van der Waals surface area contributed by atoms with Gasteiger partial charge in [0.2, 0.25) is 0 Å². The van der Waals surface area contributed by atoms with Crippen LogP contribution in [0.1, 0.15) is 11.1 Å². The average Bonchev–Trinajstić information content (AvgIpc) is 2.40. The van der Waals surface area contributed by atoms with Gasteiger partial charge in [0, 0.05) is 13.1 Å². The second-order valence-electron chi connectivity index (χ2n) is 4.33. The summed E-state index contributed by atoms with van der Waals surface area (Å²) in [5.74, 6) is 0.926. The van der Waals surface area contributed by atoms with Gasteiger partial charge < -0.3 is 10.1 Å². The smallest absolute Gasteiger partial charge is 0.119 e. The molecule has 0 heterocycles. The largest absolute Gasteiger partial charge is 0.492 e. The first kappa shape index (κ1) is 12.7. The molecule has 94 valence electrons. The van der Waals surface area contributed by atoms with E-state index in [0.717, 1.165) is 18.8 Å². The van der Waals surface area contributed by atoms with E-state index in [4.69, 9.17) is 4.74 Å². The van der Waals surface area contributed by atoms with E-state index in [2.05, 4.69) is 36.5 Å². The van der Waals surface area contributed by atoms with Crippen LogP contribution in [0.3, 0.4) is 0 Å². The molecular formula is C16H19NO. The van der Waals surface area contributed by atoms with Crippen LogP contribution in [0.25, 0.3) is 0 Å². The van der Waals surface area contributed by atoms with Crippen LogP contribution < -0.4 is 10.1 Å². The standard InChI is InChI=1S/C16H19NO/c1-14-6-5-7-15(12-14)13-17-10-11-18-16-8-3-2-4-9-16/h2-9,12,17H,10-11,13H2,1H3. The molecular weight excluding hydrogens is 222 g/mol. The molecule has 0 aliphatic carbocycles. The summed E-state index contributed by atoms with van der Waals surface area (Å²) in [6, 6.07) is 18.4. The Morgan fingerprint density at radius 2 is 1.83 bits per heavy atom. The van der Waals surface area contributed by atoms with Crippen LogP contribution in [0, 0.1) is 6.92 Å². The molecule has 18 heavy (non-hydrogen) atoms. The zero-order valence-electron chi connectivity index (χ0n) is 10.7. The van der Waals surface area contributed by atoms with Gasteiger partial charge in [-0.05, 0) is 24.6 Å². The van der Waals surface area contributed by atoms with Crippen molar-refractivity contribution in [2.24, 2.45) is 0 Å². The lowest BCUT2D eigenvalue weighted by molar-refractivity contribution is 0.313. The van der Waals surface area contributed by atoms with Crippen molar-refractivity contribution in [1.82, 2.24) is 5.32 Å². The molecule has 0 amide bonds. The second-order valence-corrected chi connectivity index (χ2v) is 4.33. The molecule has 0 aliphatic rings. The molecule has 0 atom stereocenters. The van der Waals surface area contributed by atoms with Gasteiger partial charge in [-0.15, -0.1) is 0 Å². The molecule has 2 aromatic carbocycles. The first-order valence-electron chi connectivity index (χ1n) is 6.29. The van der Waals surface area contributed by atoms with Crippen molar-refractivity contribution >= 4 is 0 Å². The third kappa shape index (κ3) is 4.22. The summed E-state index contributed by atoms with van der Waals surface area (Å²) in [5.41, 5.74) is 2.62. The molecule has 2 rings (SSSR count). The van der Waals surface area contributed by atoms with Crippen LogP contribution in [0.5, 0.6) is 5.75 Å². The Kier molecular flexibility index (Phi) is 4.79. The summed E-state index contributed by atoms with van der Waals surface area (Å²) in [4.78, 5) is 0. The van der Waals surface area contributed by atoms with Crippen molar-refractivity contribution in [2.75, 3.05) is 13.2 Å². The van der Waals surface area contributed by atoms with E-state index in [0.29, 0.717) is 6.61 Å². The van der Waals surface area contributed by atoms with Crippen molar-refractivity contribution in [1.29, 1.82) is 0 Å². The van der Waals surface area contributed by atoms with Gasteiger partial charge in [-0.1, -0.05) is 48.0 Å². The number of hydrogen-bond acceptors (Lipinski definition) is 2. The van der Waals surface area contributed by atoms with Gasteiger partial charge in [0.1, 0.15) is 12.4 Å². The number of ether oxygens (including phenoxy) is 1. The van der Waals surface area contributed by atoms with Gasteiger partial charge in [0.05, 0.1) is 0 Å². The third-order valence-corrected chi connectivity index (χ3v) is 2.70. The summed E-state index contributed by atoms with van der Waals surface area (Å²) in [5, 5.41) is 3.37. The molecule has 0 aliphatic heterocycles. The topological polar surface area (TPSA) is 21.3 Å². The van der Waals surface area contributed by atoms with Gasteiger partial charge in [-0.2, -0.15) is 0 Å². The molecule has 0 aromatic heterocycles. The monoisotopic (exact) mass is 241 g/mol. The first-order chi connectivity index (χ1) is 8.84. The number of aryl methyl sites for hydroxylation is 1. The highest BCUT2D eigenvalue weighted by molar-refractivity contribution is 5.22. The highest BCUT2D eigenvalue weighted by Crippen LogP contribution is 2.07. The van der Waals surface area contributed by atoms with Gasteiger partial charge >= 0.3 is 0 Å². The average molecular weight is 241 g/mol. The lowest BCUT2D eigenvalue weighted by Crippen LogP contribution is -2.20. The highest BCUT2D eigenvalue weighted by Gasteiger charge is 1.94. The molecule has 1 N–H and O–H groups in total. The molecule has 0 saturated heterocycles. The summed E-state index contributed by atoms with van der Waals surface area (Å²) in [6.45, 7) is 4.54. The van der Waals surface area contributed by atoms with Gasteiger partial charge in [0.15, 0.2) is 0 Å². The highest BCUT2D eigenvalue weighted by atomic mass is 16.5. The zero-order chi connectivity index (χ0) is 12.6. The molecule has 0 radical (unpaired) electrons. The Hall–Kier alpha value is -1.80. The minimum atomic E-state index is 0.690. The fourth-order valence-corrected chi connectivity index (χ4v) is 1.81. The van der Waals surface area contributed by atoms with E-state index >= 15 is 0 Å². The molecule has 0 fully saturated rings. The fraction of sp³-hybridized carbons (Fsp3) is 0.250. The van der Waals surface area contributed by atoms with E-state index in [1.54, 1.807) is 0 Å². The summed E-state index contributed by atoms with van der Waals surface area (Å²) in [7, 11) is 0. The Balaban J connectivity index is 1.65. The van der Waals surface area contributed by atoms with E-state index < -0.39 is 0 Å². The predicted molar refractivity (Wildman–Crippen MR) is 74.8 cm³/mol. The SMILES string of the molecule is Cc1cccc(CNCCOc2ccccc2)c1. The first-order valence-corrected chi connectivity index (χ1v) is 6.29. The van der Waals surface area contributed by atoms with Crippen LogP contribution in [0.2, 0.25) is 0 Å². The van der Waals surface area contributed by atoms with Gasteiger partial charge in [-0.25, -0.2) is 0 Å². The number of hydrogen-bond donors (Lipinski definition) is 1. The minimum absolute atomic E-state index is 0.690. The lowest BCUT2D eigenvalue weighted by Gasteiger charge is -2.07. The van der Waals surface area contributed by atoms with Crippen molar-refractivity contribution in [3.05, 3.63) is 65.7 Å². The Morgan fingerprint density at radius 3 is 2.61 bits per heavy atom. The number of para-hydroxylation sites is 1. The zero-order valence-corrected chi connectivity index (χ0v) is 10.7. The number of nitrogens with one attached hydrogen (secondary N) is 1. The molecule has 0 bridgehead atoms. The van der Waals surface area contributed by atoms with Gasteiger partial charge in [-0.3, -0.25) is 0 Å². The Morgan fingerprint density at radius 1 is 1.00 bits per heavy atom. The lowest BCUT2D eigenvalue weighted by atomic mass is 10.1. The quantitative estimate of drug-likeness (QED) is 0.784. The van der Waals surface area contributed by atoms with Crippen molar-refractivity contribution in [3.63, 3.8) is 0 Å². The van der Waals surface area contributed by atoms with E-state index in [9.17, 15) is 0 Å². The molecule has 0 saturated carbocycles. The van der Waals surface area contributed by atoms with E-state index in [-0.39, 0.29) is 0 Å². The minimum Gasteiger partial charge on any atom is -0.492 e. The van der Waals surface area contributed by atoms with Crippen molar-refractivity contribution < 1.29 is 4.74 Å². The summed E-state index contributed by atoms with van der Waals surface area (Å²) in [6.07, 6.45) is 0. The van der Waals surface area contributed by atoms with Crippen LogP contribution in [-0.4, -0.2) is 13.2 Å². The summed E-state index contributed by atoms with van der Waals surface area (Å²) < 4.78 is 5.61. The molecule has 0 spiro atoms. The van der Waals surface area contributed by atoms with E-state index in [1.165, 1.54) is 11.1 Å². The maximum atomic E-state index is 5.61. The van der Waals surface area contributed by atoms with Crippen LogP contribution in [-0.2, 0) is 6.54 Å². The molecule has 2 aromatic rings. The number of rotatable bonds is 6. The summed E-state index contributed by atoms with van der Waals surface area (Å²) >= 11 is 0. The maximum Gasteiger partial charge on any atom is 0.119 e. The molecule has 0 unspecified atom stereocenters. The van der Waals surface area contributed by atoms with Crippen LogP contribution in [0.15, 0.2) is 54.6 Å². The van der Waals surface area contributed by atoms with E-state index in [1.807, 2.05) is 30.3 Å². The number of benzene rings is 2. The van der Waals surface area contributed by atoms with Crippen molar-refractivity contribution in [3.8, 4) is 5.75 Å². The second kappa shape index (κ2) is 6.82. The Bertz CT molecular complexity index is 468. The van der Waals surface area contributed by atoms with Crippen LogP contribution in [0.4, 0.5) is 0 Å². The molecule has 2 nitrogen and oxygen atoms in total. The maximum absolute atomic E-state index is 5.61. The predicted octanol–water partition coefficient (Wildman–Crippen LogP) is 3.16. The third-order valence-electron chi connectivity index (χ3n) is 2.70.